The fourth-order valence-electron chi connectivity index (χ4n) is 0.295. The van der Waals surface area contributed by atoms with E-state index in [1.54, 1.807) is 13.1 Å². The Labute approximate surface area is 48.0 Å². The minimum atomic E-state index is -0.199. The van der Waals surface area contributed by atoms with Crippen LogP contribution in [0.1, 0.15) is 6.92 Å². The van der Waals surface area contributed by atoms with E-state index in [2.05, 4.69) is 0 Å². The largest absolute Gasteiger partial charge is 0.369 e. The third-order valence-electron chi connectivity index (χ3n) is 0.728. The Morgan fingerprint density at radius 3 is 2.50 bits per heavy atom. The zero-order valence-corrected chi connectivity index (χ0v) is 4.68. The Kier molecular flexibility index (Phi) is 2.41. The molecule has 0 aliphatic rings. The van der Waals surface area contributed by atoms with Gasteiger partial charge in [0.25, 0.3) is 0 Å². The number of nitriles is 1. The molecule has 0 fully saturated rings. The zero-order valence-electron chi connectivity index (χ0n) is 4.68. The van der Waals surface area contributed by atoms with Crippen LogP contribution in [0.2, 0.25) is 0 Å². The molecule has 0 saturated heterocycles. The van der Waals surface area contributed by atoms with Gasteiger partial charge in [-0.05, 0) is 6.92 Å². The van der Waals surface area contributed by atoms with E-state index in [-0.39, 0.29) is 5.96 Å². The fourth-order valence-corrected chi connectivity index (χ4v) is 0.295. The van der Waals surface area contributed by atoms with Gasteiger partial charge in [0.2, 0.25) is 5.96 Å². The normalized spacial score (nSPS) is 7.50. The van der Waals surface area contributed by atoms with E-state index in [0.29, 0.717) is 6.54 Å². The standard InChI is InChI=1S/C4H8N4/c1-2-8(3-5)4(6)7/h2H2,1H3,(H3,6,7). The molecule has 0 saturated carbocycles. The summed E-state index contributed by atoms with van der Waals surface area (Å²) in [5.41, 5.74) is 4.94. The molecule has 0 aromatic carbocycles. The van der Waals surface area contributed by atoms with E-state index in [0.717, 1.165) is 4.90 Å². The van der Waals surface area contributed by atoms with E-state index in [4.69, 9.17) is 16.4 Å². The number of nitrogens with one attached hydrogen (secondary N) is 1. The summed E-state index contributed by atoms with van der Waals surface area (Å²) in [4.78, 5) is 1.08. The summed E-state index contributed by atoms with van der Waals surface area (Å²) in [7, 11) is 0. The van der Waals surface area contributed by atoms with Crippen molar-refractivity contribution in [3.8, 4) is 6.19 Å². The average molecular weight is 112 g/mol. The first-order valence-electron chi connectivity index (χ1n) is 2.23. The Morgan fingerprint density at radius 1 is 2.00 bits per heavy atom. The van der Waals surface area contributed by atoms with Gasteiger partial charge in [-0.1, -0.05) is 0 Å². The van der Waals surface area contributed by atoms with Gasteiger partial charge in [0.1, 0.15) is 0 Å². The highest BCUT2D eigenvalue weighted by Gasteiger charge is 1.97. The van der Waals surface area contributed by atoms with Crippen molar-refractivity contribution >= 4 is 5.96 Å². The molecule has 0 spiro atoms. The Hall–Kier alpha value is -1.24. The highest BCUT2D eigenvalue weighted by atomic mass is 15.2. The first-order chi connectivity index (χ1) is 3.72. The van der Waals surface area contributed by atoms with Crippen LogP contribution in [0, 0.1) is 16.9 Å². The predicted molar refractivity (Wildman–Crippen MR) is 29.9 cm³/mol. The van der Waals surface area contributed by atoms with Crippen molar-refractivity contribution in [2.75, 3.05) is 6.54 Å². The molecule has 0 rings (SSSR count). The van der Waals surface area contributed by atoms with Gasteiger partial charge in [0.15, 0.2) is 6.19 Å². The number of guanidine groups is 1. The summed E-state index contributed by atoms with van der Waals surface area (Å²) in [6.45, 7) is 2.22. The van der Waals surface area contributed by atoms with Gasteiger partial charge < -0.3 is 5.73 Å². The van der Waals surface area contributed by atoms with E-state index in [1.165, 1.54) is 0 Å². The molecule has 0 unspecified atom stereocenters. The lowest BCUT2D eigenvalue weighted by Crippen LogP contribution is -2.31. The minimum Gasteiger partial charge on any atom is -0.369 e. The van der Waals surface area contributed by atoms with E-state index in [9.17, 15) is 0 Å². The highest BCUT2D eigenvalue weighted by molar-refractivity contribution is 5.76. The van der Waals surface area contributed by atoms with Gasteiger partial charge in [-0.15, -0.1) is 0 Å². The molecule has 0 aromatic rings. The second kappa shape index (κ2) is 2.86. The third kappa shape index (κ3) is 1.47. The van der Waals surface area contributed by atoms with Crippen molar-refractivity contribution in [2.24, 2.45) is 5.73 Å². The molecule has 0 amide bonds. The second-order valence-electron chi connectivity index (χ2n) is 1.23. The first kappa shape index (κ1) is 6.76. The quantitative estimate of drug-likeness (QED) is 0.211. The molecule has 0 bridgehead atoms. The number of rotatable bonds is 1. The maximum absolute atomic E-state index is 8.15. The fraction of sp³-hybridized carbons (Fsp3) is 0.500. The van der Waals surface area contributed by atoms with Crippen LogP contribution in [-0.2, 0) is 0 Å². The van der Waals surface area contributed by atoms with Gasteiger partial charge in [-0.25, -0.2) is 4.90 Å². The van der Waals surface area contributed by atoms with E-state index >= 15 is 0 Å². The summed E-state index contributed by atoms with van der Waals surface area (Å²) in [6, 6.07) is 0. The van der Waals surface area contributed by atoms with Crippen LogP contribution in [0.5, 0.6) is 0 Å². The SMILES string of the molecule is CCN(C#N)C(=N)N. The van der Waals surface area contributed by atoms with Crippen molar-refractivity contribution in [2.45, 2.75) is 6.92 Å². The average Bonchev–Trinajstić information content (AvgIpc) is 1.69. The van der Waals surface area contributed by atoms with Crippen LogP contribution in [0.3, 0.4) is 0 Å². The maximum Gasteiger partial charge on any atom is 0.201 e. The highest BCUT2D eigenvalue weighted by Crippen LogP contribution is 1.77. The number of nitrogens with zero attached hydrogens (tertiary/aromatic N) is 2. The van der Waals surface area contributed by atoms with Crippen LogP contribution in [0.15, 0.2) is 0 Å². The maximum atomic E-state index is 8.15. The summed E-state index contributed by atoms with van der Waals surface area (Å²) in [5, 5.41) is 14.9. The third-order valence-corrected chi connectivity index (χ3v) is 0.728. The lowest BCUT2D eigenvalue weighted by atomic mass is 10.6. The van der Waals surface area contributed by atoms with Gasteiger partial charge >= 0.3 is 0 Å². The van der Waals surface area contributed by atoms with Gasteiger partial charge in [0, 0.05) is 6.54 Å². The van der Waals surface area contributed by atoms with Gasteiger partial charge in [-0.3, -0.25) is 5.41 Å². The molecular weight excluding hydrogens is 104 g/mol. The van der Waals surface area contributed by atoms with Crippen molar-refractivity contribution in [1.29, 1.82) is 10.7 Å². The van der Waals surface area contributed by atoms with E-state index in [1.807, 2.05) is 0 Å². The van der Waals surface area contributed by atoms with Gasteiger partial charge in [0.05, 0.1) is 0 Å². The summed E-state index contributed by atoms with van der Waals surface area (Å²) < 4.78 is 0. The molecule has 0 aromatic heterocycles. The molecule has 44 valence electrons. The molecule has 0 aliphatic carbocycles. The molecule has 4 heteroatoms. The summed E-state index contributed by atoms with van der Waals surface area (Å²) in [5.74, 6) is -0.199. The lowest BCUT2D eigenvalue weighted by molar-refractivity contribution is 0.598. The van der Waals surface area contributed by atoms with Crippen LogP contribution in [0.25, 0.3) is 0 Å². The molecule has 0 atom stereocenters. The first-order valence-corrected chi connectivity index (χ1v) is 2.23. The Morgan fingerprint density at radius 2 is 2.50 bits per heavy atom. The molecule has 3 N–H and O–H groups in total. The summed E-state index contributed by atoms with van der Waals surface area (Å²) >= 11 is 0. The number of hydrogen-bond donors (Lipinski definition) is 2. The monoisotopic (exact) mass is 112 g/mol. The van der Waals surface area contributed by atoms with Crippen LogP contribution in [-0.4, -0.2) is 17.4 Å². The molecule has 4 nitrogen and oxygen atoms in total. The Bertz CT molecular complexity index is 122. The molecule has 0 aliphatic heterocycles. The number of nitrogens with two attached hydrogens (primary N) is 1. The smallest absolute Gasteiger partial charge is 0.201 e. The number of hydrogen-bond acceptors (Lipinski definition) is 2. The molecule has 8 heavy (non-hydrogen) atoms. The second-order valence-corrected chi connectivity index (χ2v) is 1.23. The van der Waals surface area contributed by atoms with Crippen molar-refractivity contribution in [3.63, 3.8) is 0 Å². The summed E-state index contributed by atoms with van der Waals surface area (Å²) in [6.07, 6.45) is 1.73. The topological polar surface area (TPSA) is 76.9 Å². The van der Waals surface area contributed by atoms with Crippen LogP contribution in [0.4, 0.5) is 0 Å². The predicted octanol–water partition coefficient (Wildman–Crippen LogP) is -0.317. The lowest BCUT2D eigenvalue weighted by Gasteiger charge is -2.07. The molecule has 0 radical (unpaired) electrons. The van der Waals surface area contributed by atoms with E-state index < -0.39 is 0 Å². The van der Waals surface area contributed by atoms with Crippen molar-refractivity contribution in [3.05, 3.63) is 0 Å². The minimum absolute atomic E-state index is 0.199. The molecular formula is C4H8N4. The zero-order chi connectivity index (χ0) is 6.57. The Balaban J connectivity index is 3.76. The van der Waals surface area contributed by atoms with Crippen LogP contribution < -0.4 is 5.73 Å². The van der Waals surface area contributed by atoms with Gasteiger partial charge in [-0.2, -0.15) is 5.26 Å². The molecule has 0 heterocycles. The van der Waals surface area contributed by atoms with Crippen molar-refractivity contribution in [1.82, 2.24) is 4.90 Å². The van der Waals surface area contributed by atoms with Crippen LogP contribution >= 0.6 is 0 Å². The van der Waals surface area contributed by atoms with Crippen molar-refractivity contribution < 1.29 is 0 Å².